The van der Waals surface area contributed by atoms with Crippen LogP contribution in [-0.4, -0.2) is 17.9 Å². The summed E-state index contributed by atoms with van der Waals surface area (Å²) in [5, 5.41) is 9.89. The first-order valence-electron chi connectivity index (χ1n) is 7.71. The summed E-state index contributed by atoms with van der Waals surface area (Å²) >= 11 is 0. The number of ether oxygens (including phenoxy) is 2. The van der Waals surface area contributed by atoms with Crippen LogP contribution in [0.3, 0.4) is 0 Å². The molecule has 1 N–H and O–H groups in total. The Labute approximate surface area is 129 Å². The van der Waals surface area contributed by atoms with E-state index < -0.39 is 17.1 Å². The minimum atomic E-state index is -1.64. The standard InChI is InChI=1S/C17H21FO4/c1-16(2,18)11-8-13-14(22-10-21-13)9-12(11)17(15(19)20)6-4-3-5-7-17/h8-9H,3-7,10H2,1-2H3,(H,19,20). The number of carbonyl (C=O) groups is 1. The predicted octanol–water partition coefficient (Wildman–Crippen LogP) is 3.91. The van der Waals surface area contributed by atoms with Gasteiger partial charge < -0.3 is 14.6 Å². The van der Waals surface area contributed by atoms with E-state index >= 15 is 0 Å². The molecule has 1 aliphatic heterocycles. The van der Waals surface area contributed by atoms with E-state index in [4.69, 9.17) is 9.47 Å². The van der Waals surface area contributed by atoms with Crippen LogP contribution in [0.25, 0.3) is 0 Å². The lowest BCUT2D eigenvalue weighted by Crippen LogP contribution is -2.39. The molecule has 4 nitrogen and oxygen atoms in total. The van der Waals surface area contributed by atoms with E-state index in [0.717, 1.165) is 19.3 Å². The number of carboxylic acids is 1. The third-order valence-corrected chi connectivity index (χ3v) is 4.79. The Morgan fingerprint density at radius 1 is 1.18 bits per heavy atom. The molecule has 3 rings (SSSR count). The van der Waals surface area contributed by atoms with Gasteiger partial charge in [-0.05, 0) is 49.9 Å². The number of alkyl halides is 1. The second-order valence-electron chi connectivity index (χ2n) is 6.67. The number of halogens is 1. The first kappa shape index (κ1) is 15.1. The van der Waals surface area contributed by atoms with Gasteiger partial charge in [0.25, 0.3) is 0 Å². The van der Waals surface area contributed by atoms with Gasteiger partial charge in [-0.3, -0.25) is 4.79 Å². The zero-order chi connectivity index (χ0) is 16.0. The van der Waals surface area contributed by atoms with E-state index in [2.05, 4.69) is 0 Å². The van der Waals surface area contributed by atoms with E-state index in [9.17, 15) is 14.3 Å². The van der Waals surface area contributed by atoms with Crippen LogP contribution in [0.5, 0.6) is 11.5 Å². The zero-order valence-corrected chi connectivity index (χ0v) is 12.9. The predicted molar refractivity (Wildman–Crippen MR) is 79.1 cm³/mol. The number of hydrogen-bond donors (Lipinski definition) is 1. The maximum absolute atomic E-state index is 14.7. The van der Waals surface area contributed by atoms with Crippen molar-refractivity contribution in [2.45, 2.75) is 57.0 Å². The van der Waals surface area contributed by atoms with E-state index in [0.29, 0.717) is 35.5 Å². The highest BCUT2D eigenvalue weighted by Crippen LogP contribution is 2.48. The number of hydrogen-bond acceptors (Lipinski definition) is 3. The monoisotopic (exact) mass is 308 g/mol. The van der Waals surface area contributed by atoms with Gasteiger partial charge in [0.1, 0.15) is 5.67 Å². The molecule has 1 saturated carbocycles. The summed E-state index contributed by atoms with van der Waals surface area (Å²) in [5.41, 5.74) is -1.74. The fourth-order valence-corrected chi connectivity index (χ4v) is 3.58. The molecule has 1 aromatic carbocycles. The molecule has 1 aromatic rings. The Hall–Kier alpha value is -1.78. The van der Waals surface area contributed by atoms with Crippen LogP contribution in [0.1, 0.15) is 57.1 Å². The molecule has 1 heterocycles. The molecule has 2 aliphatic rings. The highest BCUT2D eigenvalue weighted by Gasteiger charge is 2.45. The molecule has 0 atom stereocenters. The molecule has 0 bridgehead atoms. The molecule has 0 radical (unpaired) electrons. The van der Waals surface area contributed by atoms with E-state index in [1.165, 1.54) is 13.8 Å². The van der Waals surface area contributed by atoms with Gasteiger partial charge in [0, 0.05) is 0 Å². The van der Waals surface area contributed by atoms with Crippen LogP contribution in [0.2, 0.25) is 0 Å². The van der Waals surface area contributed by atoms with Crippen LogP contribution in [0.4, 0.5) is 4.39 Å². The van der Waals surface area contributed by atoms with Crippen molar-refractivity contribution in [3.8, 4) is 11.5 Å². The molecule has 0 spiro atoms. The SMILES string of the molecule is CC(C)(F)c1cc2c(cc1C1(C(=O)O)CCCCC1)OCO2. The topological polar surface area (TPSA) is 55.8 Å². The van der Waals surface area contributed by atoms with Crippen molar-refractivity contribution in [1.82, 2.24) is 0 Å². The Morgan fingerprint density at radius 2 is 1.77 bits per heavy atom. The first-order chi connectivity index (χ1) is 10.3. The Kier molecular flexibility index (Phi) is 3.54. The molecule has 0 aromatic heterocycles. The number of carboxylic acid groups (broad SMARTS) is 1. The number of rotatable bonds is 3. The van der Waals surface area contributed by atoms with Gasteiger partial charge in [-0.25, -0.2) is 4.39 Å². The summed E-state index contributed by atoms with van der Waals surface area (Å²) in [6.45, 7) is 2.99. The van der Waals surface area contributed by atoms with Gasteiger partial charge in [0.05, 0.1) is 5.41 Å². The van der Waals surface area contributed by atoms with Crippen LogP contribution < -0.4 is 9.47 Å². The van der Waals surface area contributed by atoms with Crippen molar-refractivity contribution in [1.29, 1.82) is 0 Å². The van der Waals surface area contributed by atoms with Gasteiger partial charge in [-0.15, -0.1) is 0 Å². The number of aliphatic carboxylic acids is 1. The molecule has 120 valence electrons. The second-order valence-corrected chi connectivity index (χ2v) is 6.67. The fraction of sp³-hybridized carbons (Fsp3) is 0.588. The Morgan fingerprint density at radius 3 is 2.32 bits per heavy atom. The summed E-state index contributed by atoms with van der Waals surface area (Å²) in [6, 6.07) is 3.29. The highest BCUT2D eigenvalue weighted by atomic mass is 19.1. The summed E-state index contributed by atoms with van der Waals surface area (Å²) in [5.74, 6) is 0.117. The molecular weight excluding hydrogens is 287 g/mol. The fourth-order valence-electron chi connectivity index (χ4n) is 3.58. The summed E-state index contributed by atoms with van der Waals surface area (Å²) in [4.78, 5) is 12.1. The van der Waals surface area contributed by atoms with E-state index in [1.807, 2.05) is 0 Å². The lowest BCUT2D eigenvalue weighted by atomic mass is 9.67. The lowest BCUT2D eigenvalue weighted by molar-refractivity contribution is -0.145. The van der Waals surface area contributed by atoms with Crippen LogP contribution in [0.15, 0.2) is 12.1 Å². The van der Waals surface area contributed by atoms with Crippen molar-refractivity contribution >= 4 is 5.97 Å². The average Bonchev–Trinajstić information content (AvgIpc) is 2.93. The lowest BCUT2D eigenvalue weighted by Gasteiger charge is -2.36. The minimum absolute atomic E-state index is 0.0883. The smallest absolute Gasteiger partial charge is 0.314 e. The van der Waals surface area contributed by atoms with Crippen molar-refractivity contribution in [2.75, 3.05) is 6.79 Å². The highest BCUT2D eigenvalue weighted by molar-refractivity contribution is 5.83. The number of benzene rings is 1. The van der Waals surface area contributed by atoms with Gasteiger partial charge >= 0.3 is 5.97 Å². The third-order valence-electron chi connectivity index (χ3n) is 4.79. The van der Waals surface area contributed by atoms with Crippen molar-refractivity contribution in [3.63, 3.8) is 0 Å². The minimum Gasteiger partial charge on any atom is -0.481 e. The molecule has 0 saturated heterocycles. The maximum Gasteiger partial charge on any atom is 0.314 e. The van der Waals surface area contributed by atoms with Gasteiger partial charge in [0.2, 0.25) is 6.79 Å². The summed E-state index contributed by atoms with van der Waals surface area (Å²) in [7, 11) is 0. The molecule has 5 heteroatoms. The molecule has 0 amide bonds. The van der Waals surface area contributed by atoms with Crippen LogP contribution >= 0.6 is 0 Å². The van der Waals surface area contributed by atoms with Gasteiger partial charge in [-0.2, -0.15) is 0 Å². The van der Waals surface area contributed by atoms with Gasteiger partial charge in [0.15, 0.2) is 11.5 Å². The zero-order valence-electron chi connectivity index (χ0n) is 12.9. The van der Waals surface area contributed by atoms with Gasteiger partial charge in [-0.1, -0.05) is 19.3 Å². The summed E-state index contributed by atoms with van der Waals surface area (Å²) < 4.78 is 25.5. The molecule has 22 heavy (non-hydrogen) atoms. The van der Waals surface area contributed by atoms with Crippen molar-refractivity contribution < 1.29 is 23.8 Å². The Balaban J connectivity index is 2.21. The summed E-state index contributed by atoms with van der Waals surface area (Å²) in [6.07, 6.45) is 3.77. The quantitative estimate of drug-likeness (QED) is 0.920. The maximum atomic E-state index is 14.7. The van der Waals surface area contributed by atoms with E-state index in [-0.39, 0.29) is 6.79 Å². The average molecular weight is 308 g/mol. The van der Waals surface area contributed by atoms with Crippen molar-refractivity contribution in [2.24, 2.45) is 0 Å². The molecular formula is C17H21FO4. The van der Waals surface area contributed by atoms with Crippen LogP contribution in [0, 0.1) is 0 Å². The second kappa shape index (κ2) is 5.14. The largest absolute Gasteiger partial charge is 0.481 e. The Bertz CT molecular complexity index is 597. The van der Waals surface area contributed by atoms with Crippen LogP contribution in [-0.2, 0) is 15.9 Å². The molecule has 1 fully saturated rings. The number of fused-ring (bicyclic) bond motifs is 1. The molecule has 0 unspecified atom stereocenters. The molecule has 1 aliphatic carbocycles. The first-order valence-corrected chi connectivity index (χ1v) is 7.71. The normalized spacial score (nSPS) is 20.0. The van der Waals surface area contributed by atoms with E-state index in [1.54, 1.807) is 12.1 Å². The third kappa shape index (κ3) is 2.32. The van der Waals surface area contributed by atoms with Crippen molar-refractivity contribution in [3.05, 3.63) is 23.3 Å².